The van der Waals surface area contributed by atoms with Gasteiger partial charge in [0, 0.05) is 12.1 Å². The van der Waals surface area contributed by atoms with Gasteiger partial charge in [0.2, 0.25) is 10.0 Å². The van der Waals surface area contributed by atoms with Crippen LogP contribution in [0.1, 0.15) is 19.8 Å². The number of sulfonamides is 1. The van der Waals surface area contributed by atoms with Gasteiger partial charge in [-0.05, 0) is 51.6 Å². The van der Waals surface area contributed by atoms with Crippen LogP contribution in [0.15, 0.2) is 23.1 Å². The van der Waals surface area contributed by atoms with Crippen LogP contribution >= 0.6 is 11.6 Å². The number of halogens is 1. The van der Waals surface area contributed by atoms with Crippen molar-refractivity contribution < 1.29 is 8.42 Å². The summed E-state index contributed by atoms with van der Waals surface area (Å²) in [6.45, 7) is 2.98. The Hall–Kier alpha value is -0.820. The van der Waals surface area contributed by atoms with Gasteiger partial charge in [0.1, 0.15) is 0 Å². The lowest BCUT2D eigenvalue weighted by Crippen LogP contribution is -2.47. The third-order valence-electron chi connectivity index (χ3n) is 3.81. The molecule has 1 aliphatic heterocycles. The van der Waals surface area contributed by atoms with E-state index in [1.165, 1.54) is 18.2 Å². The van der Waals surface area contributed by atoms with Crippen LogP contribution in [-0.4, -0.2) is 39.0 Å². The van der Waals surface area contributed by atoms with Gasteiger partial charge in [-0.3, -0.25) is 0 Å². The van der Waals surface area contributed by atoms with Crippen LogP contribution in [0.3, 0.4) is 0 Å². The molecule has 1 aliphatic rings. The SMILES string of the molecule is CC1CC(NS(=O)(=O)c2ccc(N)c(Cl)c2)CCN1C. The van der Waals surface area contributed by atoms with Gasteiger partial charge in [0.25, 0.3) is 0 Å². The number of nitrogens with one attached hydrogen (secondary N) is 1. The molecule has 0 spiro atoms. The minimum absolute atomic E-state index is 0.0393. The molecule has 0 bridgehead atoms. The Labute approximate surface area is 125 Å². The Balaban J connectivity index is 2.13. The number of nitrogens with two attached hydrogens (primary N) is 1. The van der Waals surface area contributed by atoms with E-state index in [0.29, 0.717) is 11.7 Å². The van der Waals surface area contributed by atoms with Crippen molar-refractivity contribution in [3.63, 3.8) is 0 Å². The molecule has 0 aromatic heterocycles. The molecule has 5 nitrogen and oxygen atoms in total. The Kier molecular flexibility index (Phi) is 4.59. The maximum atomic E-state index is 12.3. The van der Waals surface area contributed by atoms with E-state index in [-0.39, 0.29) is 16.0 Å². The topological polar surface area (TPSA) is 75.4 Å². The lowest BCUT2D eigenvalue weighted by atomic mass is 10.0. The van der Waals surface area contributed by atoms with Crippen molar-refractivity contribution in [3.8, 4) is 0 Å². The monoisotopic (exact) mass is 317 g/mol. The number of anilines is 1. The predicted molar refractivity (Wildman–Crippen MR) is 81.3 cm³/mol. The van der Waals surface area contributed by atoms with Gasteiger partial charge in [-0.25, -0.2) is 13.1 Å². The fraction of sp³-hybridized carbons (Fsp3) is 0.538. The molecule has 1 saturated heterocycles. The number of rotatable bonds is 3. The minimum atomic E-state index is -3.55. The zero-order valence-electron chi connectivity index (χ0n) is 11.6. The summed E-state index contributed by atoms with van der Waals surface area (Å²) in [7, 11) is -1.50. The first-order valence-corrected chi connectivity index (χ1v) is 8.43. The highest BCUT2D eigenvalue weighted by Crippen LogP contribution is 2.23. The summed E-state index contributed by atoms with van der Waals surface area (Å²) in [5.41, 5.74) is 5.97. The molecule has 2 atom stereocenters. The Bertz CT molecular complexity index is 591. The van der Waals surface area contributed by atoms with Gasteiger partial charge >= 0.3 is 0 Å². The first kappa shape index (κ1) is 15.6. The van der Waals surface area contributed by atoms with Crippen LogP contribution in [0.4, 0.5) is 5.69 Å². The molecule has 0 saturated carbocycles. The van der Waals surface area contributed by atoms with Crippen LogP contribution in [-0.2, 0) is 10.0 Å². The van der Waals surface area contributed by atoms with Crippen molar-refractivity contribution in [3.05, 3.63) is 23.2 Å². The lowest BCUT2D eigenvalue weighted by molar-refractivity contribution is 0.178. The summed E-state index contributed by atoms with van der Waals surface area (Å²) in [5, 5.41) is 0.254. The molecule has 1 heterocycles. The average molecular weight is 318 g/mol. The standard InChI is InChI=1S/C13H20ClN3O2S/c1-9-7-10(5-6-17(9)2)16-20(18,19)11-3-4-13(15)12(14)8-11/h3-4,8-10,16H,5-7,15H2,1-2H3. The second-order valence-corrected chi connectivity index (χ2v) is 7.48. The fourth-order valence-electron chi connectivity index (χ4n) is 2.36. The summed E-state index contributed by atoms with van der Waals surface area (Å²) in [6.07, 6.45) is 1.61. The van der Waals surface area contributed by atoms with Crippen molar-refractivity contribution in [2.75, 3.05) is 19.3 Å². The second kappa shape index (κ2) is 5.89. The molecule has 1 aromatic rings. The summed E-state index contributed by atoms with van der Waals surface area (Å²) in [6, 6.07) is 4.70. The first-order chi connectivity index (χ1) is 9.29. The van der Waals surface area contributed by atoms with E-state index in [9.17, 15) is 8.42 Å². The second-order valence-electron chi connectivity index (χ2n) is 5.36. The third kappa shape index (κ3) is 3.44. The summed E-state index contributed by atoms with van der Waals surface area (Å²) >= 11 is 5.88. The van der Waals surface area contributed by atoms with Crippen LogP contribution in [0.2, 0.25) is 5.02 Å². The largest absolute Gasteiger partial charge is 0.398 e. The van der Waals surface area contributed by atoms with E-state index < -0.39 is 10.0 Å². The van der Waals surface area contributed by atoms with Gasteiger partial charge in [0.05, 0.1) is 15.6 Å². The number of nitrogen functional groups attached to an aromatic ring is 1. The molecule has 0 aliphatic carbocycles. The molecule has 1 fully saturated rings. The molecule has 2 rings (SSSR count). The van der Waals surface area contributed by atoms with E-state index in [0.717, 1.165) is 19.4 Å². The molecule has 1 aromatic carbocycles. The van der Waals surface area contributed by atoms with E-state index in [1.54, 1.807) is 0 Å². The number of nitrogens with zero attached hydrogens (tertiary/aromatic N) is 1. The van der Waals surface area contributed by atoms with E-state index in [2.05, 4.69) is 23.6 Å². The highest BCUT2D eigenvalue weighted by molar-refractivity contribution is 7.89. The van der Waals surface area contributed by atoms with E-state index in [1.807, 2.05) is 0 Å². The van der Waals surface area contributed by atoms with Crippen molar-refractivity contribution >= 4 is 27.3 Å². The van der Waals surface area contributed by atoms with E-state index >= 15 is 0 Å². The molecular formula is C13H20ClN3O2S. The van der Waals surface area contributed by atoms with Gasteiger partial charge in [-0.15, -0.1) is 0 Å². The number of benzene rings is 1. The smallest absolute Gasteiger partial charge is 0.240 e. The molecular weight excluding hydrogens is 298 g/mol. The molecule has 112 valence electrons. The maximum absolute atomic E-state index is 12.3. The zero-order valence-corrected chi connectivity index (χ0v) is 13.2. The quantitative estimate of drug-likeness (QED) is 0.832. The molecule has 2 unspecified atom stereocenters. The van der Waals surface area contributed by atoms with Gasteiger partial charge in [0.15, 0.2) is 0 Å². The van der Waals surface area contributed by atoms with Crippen molar-refractivity contribution in [1.82, 2.24) is 9.62 Å². The van der Waals surface area contributed by atoms with Crippen molar-refractivity contribution in [2.45, 2.75) is 36.7 Å². The summed E-state index contributed by atoms with van der Waals surface area (Å²) in [4.78, 5) is 2.38. The molecule has 20 heavy (non-hydrogen) atoms. The van der Waals surface area contributed by atoms with Gasteiger partial charge in [-0.2, -0.15) is 0 Å². The van der Waals surface area contributed by atoms with Gasteiger partial charge in [-0.1, -0.05) is 11.6 Å². The van der Waals surface area contributed by atoms with Crippen molar-refractivity contribution in [2.24, 2.45) is 0 Å². The normalized spacial score (nSPS) is 24.8. The van der Waals surface area contributed by atoms with Crippen LogP contribution in [0.5, 0.6) is 0 Å². The number of hydrogen-bond donors (Lipinski definition) is 2. The lowest BCUT2D eigenvalue weighted by Gasteiger charge is -2.35. The Morgan fingerprint density at radius 3 is 2.75 bits per heavy atom. The fourth-order valence-corrected chi connectivity index (χ4v) is 3.91. The minimum Gasteiger partial charge on any atom is -0.398 e. The van der Waals surface area contributed by atoms with E-state index in [4.69, 9.17) is 17.3 Å². The number of likely N-dealkylation sites (tertiary alicyclic amines) is 1. The Morgan fingerprint density at radius 1 is 1.45 bits per heavy atom. The first-order valence-electron chi connectivity index (χ1n) is 6.57. The maximum Gasteiger partial charge on any atom is 0.240 e. The molecule has 7 heteroatoms. The highest BCUT2D eigenvalue weighted by Gasteiger charge is 2.27. The summed E-state index contributed by atoms with van der Waals surface area (Å²) < 4.78 is 27.4. The number of hydrogen-bond acceptors (Lipinski definition) is 4. The van der Waals surface area contributed by atoms with Crippen LogP contribution in [0.25, 0.3) is 0 Å². The molecule has 0 radical (unpaired) electrons. The number of piperidine rings is 1. The highest BCUT2D eigenvalue weighted by atomic mass is 35.5. The van der Waals surface area contributed by atoms with Gasteiger partial charge < -0.3 is 10.6 Å². The Morgan fingerprint density at radius 2 is 2.15 bits per heavy atom. The average Bonchev–Trinajstić information content (AvgIpc) is 2.37. The molecule has 0 amide bonds. The zero-order chi connectivity index (χ0) is 14.9. The third-order valence-corrected chi connectivity index (χ3v) is 5.66. The van der Waals surface area contributed by atoms with Crippen LogP contribution in [0, 0.1) is 0 Å². The summed E-state index contributed by atoms with van der Waals surface area (Å²) in [5.74, 6) is 0. The van der Waals surface area contributed by atoms with Crippen molar-refractivity contribution in [1.29, 1.82) is 0 Å². The predicted octanol–water partition coefficient (Wildman–Crippen LogP) is 1.68. The molecule has 3 N–H and O–H groups in total. The van der Waals surface area contributed by atoms with Crippen LogP contribution < -0.4 is 10.5 Å².